The van der Waals surface area contributed by atoms with Gasteiger partial charge >= 0.3 is 5.97 Å². The summed E-state index contributed by atoms with van der Waals surface area (Å²) < 4.78 is 17.9. The van der Waals surface area contributed by atoms with Gasteiger partial charge in [-0.15, -0.1) is 0 Å². The van der Waals surface area contributed by atoms with E-state index in [2.05, 4.69) is 0 Å². The van der Waals surface area contributed by atoms with Crippen molar-refractivity contribution in [2.45, 2.75) is 20.5 Å². The van der Waals surface area contributed by atoms with E-state index in [1.165, 1.54) is 24.3 Å². The van der Waals surface area contributed by atoms with Crippen LogP contribution in [0.3, 0.4) is 0 Å². The first-order chi connectivity index (χ1) is 9.47. The molecule has 0 atom stereocenters. The Balaban J connectivity index is 2.05. The summed E-state index contributed by atoms with van der Waals surface area (Å²) in [7, 11) is 0. The molecule has 2 aromatic carbocycles. The summed E-state index contributed by atoms with van der Waals surface area (Å²) in [4.78, 5) is 11.8. The van der Waals surface area contributed by atoms with Gasteiger partial charge in [-0.3, -0.25) is 0 Å². The molecule has 0 aromatic heterocycles. The third-order valence-corrected chi connectivity index (χ3v) is 3.00. The number of phenols is 1. The molecule has 0 heterocycles. The minimum atomic E-state index is -0.506. The molecule has 2 aromatic rings. The van der Waals surface area contributed by atoms with Crippen molar-refractivity contribution in [3.8, 4) is 5.75 Å². The van der Waals surface area contributed by atoms with E-state index in [1.54, 1.807) is 26.0 Å². The second-order valence-corrected chi connectivity index (χ2v) is 4.66. The number of esters is 1. The molecule has 1 N–H and O–H groups in total. The first-order valence-corrected chi connectivity index (χ1v) is 6.19. The topological polar surface area (TPSA) is 46.5 Å². The number of carbonyl (C=O) groups excluding carboxylic acids is 1. The van der Waals surface area contributed by atoms with Crippen molar-refractivity contribution in [3.63, 3.8) is 0 Å². The van der Waals surface area contributed by atoms with Gasteiger partial charge in [-0.05, 0) is 66.9 Å². The smallest absolute Gasteiger partial charge is 0.338 e. The fourth-order valence-electron chi connectivity index (χ4n) is 1.95. The predicted octanol–water partition coefficient (Wildman–Crippen LogP) is 3.51. The average molecular weight is 274 g/mol. The van der Waals surface area contributed by atoms with Crippen molar-refractivity contribution >= 4 is 5.97 Å². The minimum absolute atomic E-state index is 0.109. The highest BCUT2D eigenvalue weighted by Gasteiger charge is 2.09. The van der Waals surface area contributed by atoms with Crippen molar-refractivity contribution in [3.05, 3.63) is 64.5 Å². The molecule has 2 rings (SSSR count). The van der Waals surface area contributed by atoms with Gasteiger partial charge in [0.15, 0.2) is 0 Å². The summed E-state index contributed by atoms with van der Waals surface area (Å²) in [5, 5.41) is 9.67. The second kappa shape index (κ2) is 5.74. The van der Waals surface area contributed by atoms with Crippen molar-refractivity contribution in [1.82, 2.24) is 0 Å². The van der Waals surface area contributed by atoms with E-state index in [1.807, 2.05) is 0 Å². The normalized spacial score (nSPS) is 10.3. The summed E-state index contributed by atoms with van der Waals surface area (Å²) in [6.07, 6.45) is 0. The Kier molecular flexibility index (Phi) is 4.03. The van der Waals surface area contributed by atoms with Crippen molar-refractivity contribution in [1.29, 1.82) is 0 Å². The molecule has 0 fully saturated rings. The highest BCUT2D eigenvalue weighted by atomic mass is 19.1. The highest BCUT2D eigenvalue weighted by molar-refractivity contribution is 5.89. The molecule has 0 spiro atoms. The summed E-state index contributed by atoms with van der Waals surface area (Å²) in [6, 6.07) is 8.72. The van der Waals surface area contributed by atoms with E-state index in [4.69, 9.17) is 4.74 Å². The Hall–Kier alpha value is -2.36. The highest BCUT2D eigenvalue weighted by Crippen LogP contribution is 2.23. The first-order valence-electron chi connectivity index (χ1n) is 6.19. The number of phenolic OH excluding ortho intramolecular Hbond substituents is 1. The number of aromatic hydroxyl groups is 1. The molecule has 0 aliphatic heterocycles. The van der Waals surface area contributed by atoms with Crippen LogP contribution in [-0.2, 0) is 11.3 Å². The standard InChI is InChI=1S/C16H15FO3/c1-10-7-12(8-11(2)15(10)18)9-20-16(19)13-3-5-14(17)6-4-13/h3-8,18H,9H2,1-2H3. The molecular formula is C16H15FO3. The van der Waals surface area contributed by atoms with Crippen LogP contribution < -0.4 is 0 Å². The van der Waals surface area contributed by atoms with Gasteiger partial charge in [0, 0.05) is 0 Å². The number of carbonyl (C=O) groups is 1. The van der Waals surface area contributed by atoms with Crippen LogP contribution >= 0.6 is 0 Å². The Labute approximate surface area is 116 Å². The number of hydrogen-bond donors (Lipinski definition) is 1. The lowest BCUT2D eigenvalue weighted by molar-refractivity contribution is 0.0472. The Morgan fingerprint density at radius 3 is 2.25 bits per heavy atom. The van der Waals surface area contributed by atoms with E-state index in [0.717, 1.165) is 16.7 Å². The molecule has 0 aliphatic rings. The van der Waals surface area contributed by atoms with Crippen molar-refractivity contribution in [2.24, 2.45) is 0 Å². The van der Waals surface area contributed by atoms with Crippen LogP contribution in [0, 0.1) is 19.7 Å². The zero-order valence-corrected chi connectivity index (χ0v) is 11.3. The minimum Gasteiger partial charge on any atom is -0.507 e. The third-order valence-electron chi connectivity index (χ3n) is 3.00. The van der Waals surface area contributed by atoms with Gasteiger partial charge in [0.05, 0.1) is 5.56 Å². The third kappa shape index (κ3) is 3.15. The van der Waals surface area contributed by atoms with Crippen LogP contribution in [0.4, 0.5) is 4.39 Å². The van der Waals surface area contributed by atoms with Crippen LogP contribution in [0.1, 0.15) is 27.0 Å². The maximum atomic E-state index is 12.8. The van der Waals surface area contributed by atoms with E-state index in [0.29, 0.717) is 5.56 Å². The van der Waals surface area contributed by atoms with Crippen LogP contribution in [0.15, 0.2) is 36.4 Å². The number of ether oxygens (including phenoxy) is 1. The van der Waals surface area contributed by atoms with Crippen molar-refractivity contribution in [2.75, 3.05) is 0 Å². The van der Waals surface area contributed by atoms with Gasteiger partial charge < -0.3 is 9.84 Å². The predicted molar refractivity (Wildman–Crippen MR) is 73.1 cm³/mol. The summed E-state index contributed by atoms with van der Waals surface area (Å²) in [5.41, 5.74) is 2.57. The van der Waals surface area contributed by atoms with Crippen LogP contribution in [0.5, 0.6) is 5.75 Å². The van der Waals surface area contributed by atoms with Gasteiger partial charge in [0.1, 0.15) is 18.2 Å². The fraction of sp³-hybridized carbons (Fsp3) is 0.188. The number of aryl methyl sites for hydroxylation is 2. The van der Waals surface area contributed by atoms with Crippen LogP contribution in [0.25, 0.3) is 0 Å². The van der Waals surface area contributed by atoms with Gasteiger partial charge in [0.2, 0.25) is 0 Å². The van der Waals surface area contributed by atoms with Gasteiger partial charge in [0.25, 0.3) is 0 Å². The zero-order valence-electron chi connectivity index (χ0n) is 11.3. The summed E-state index contributed by atoms with van der Waals surface area (Å²) in [6.45, 7) is 3.68. The molecule has 4 heteroatoms. The number of rotatable bonds is 3. The van der Waals surface area contributed by atoms with Gasteiger partial charge in [-0.25, -0.2) is 9.18 Å². The Bertz CT molecular complexity index is 610. The monoisotopic (exact) mass is 274 g/mol. The lowest BCUT2D eigenvalue weighted by atomic mass is 10.1. The van der Waals surface area contributed by atoms with Gasteiger partial charge in [-0.2, -0.15) is 0 Å². The van der Waals surface area contributed by atoms with E-state index < -0.39 is 11.8 Å². The van der Waals surface area contributed by atoms with E-state index in [9.17, 15) is 14.3 Å². The van der Waals surface area contributed by atoms with Gasteiger partial charge in [-0.1, -0.05) is 0 Å². The lowest BCUT2D eigenvalue weighted by Crippen LogP contribution is -2.05. The molecule has 20 heavy (non-hydrogen) atoms. The molecule has 3 nitrogen and oxygen atoms in total. The first kappa shape index (κ1) is 14.1. The Morgan fingerprint density at radius 1 is 1.15 bits per heavy atom. The molecule has 0 unspecified atom stereocenters. The number of halogens is 1. The quantitative estimate of drug-likeness (QED) is 0.871. The lowest BCUT2D eigenvalue weighted by Gasteiger charge is -2.09. The molecular weight excluding hydrogens is 259 g/mol. The summed E-state index contributed by atoms with van der Waals surface area (Å²) in [5.74, 6) is -0.654. The molecule has 0 saturated heterocycles. The van der Waals surface area contributed by atoms with Crippen LogP contribution in [0.2, 0.25) is 0 Å². The molecule has 0 bridgehead atoms. The maximum Gasteiger partial charge on any atom is 0.338 e. The summed E-state index contributed by atoms with van der Waals surface area (Å²) >= 11 is 0. The molecule has 0 radical (unpaired) electrons. The zero-order chi connectivity index (χ0) is 14.7. The second-order valence-electron chi connectivity index (χ2n) is 4.66. The van der Waals surface area contributed by atoms with Crippen LogP contribution in [-0.4, -0.2) is 11.1 Å². The largest absolute Gasteiger partial charge is 0.507 e. The SMILES string of the molecule is Cc1cc(COC(=O)c2ccc(F)cc2)cc(C)c1O. The number of hydrogen-bond acceptors (Lipinski definition) is 3. The average Bonchev–Trinajstić information content (AvgIpc) is 2.42. The maximum absolute atomic E-state index is 12.8. The molecule has 0 saturated carbocycles. The Morgan fingerprint density at radius 2 is 1.70 bits per heavy atom. The van der Waals surface area contributed by atoms with Crippen molar-refractivity contribution < 1.29 is 19.0 Å². The van der Waals surface area contributed by atoms with E-state index in [-0.39, 0.29) is 12.4 Å². The number of benzene rings is 2. The molecule has 0 amide bonds. The molecule has 0 aliphatic carbocycles. The molecule has 104 valence electrons. The fourth-order valence-corrected chi connectivity index (χ4v) is 1.95. The van der Waals surface area contributed by atoms with E-state index >= 15 is 0 Å².